The van der Waals surface area contributed by atoms with Crippen molar-refractivity contribution in [3.63, 3.8) is 0 Å². The predicted octanol–water partition coefficient (Wildman–Crippen LogP) is -4.68. The molecule has 0 radical (unpaired) electrons. The van der Waals surface area contributed by atoms with Gasteiger partial charge in [0.05, 0.1) is 24.9 Å². The van der Waals surface area contributed by atoms with E-state index in [9.17, 15) is 45.3 Å². The third-order valence-corrected chi connectivity index (χ3v) is 6.95. The van der Waals surface area contributed by atoms with Crippen LogP contribution in [0.1, 0.15) is 13.3 Å². The highest BCUT2D eigenvalue weighted by Crippen LogP contribution is 2.41. The van der Waals surface area contributed by atoms with Crippen LogP contribution in [-0.2, 0) is 23.8 Å². The van der Waals surface area contributed by atoms with Gasteiger partial charge in [0.2, 0.25) is 10.8 Å². The predicted molar refractivity (Wildman–Crippen MR) is 109 cm³/mol. The number of aliphatic carboxylic acids is 1. The normalized spacial score (nSPS) is 39.6. The number of amides is 1. The largest absolute Gasteiger partial charge is 0.478 e. The van der Waals surface area contributed by atoms with Gasteiger partial charge in [-0.05, 0) is 0 Å². The number of carbonyl (C=O) groups is 2. The molecule has 9 N–H and O–H groups in total. The zero-order valence-corrected chi connectivity index (χ0v) is 18.7. The van der Waals surface area contributed by atoms with Crippen molar-refractivity contribution in [2.45, 2.75) is 79.4 Å². The molecule has 0 aromatic carbocycles. The standard InChI is InChI=1S/C18H31NO13S/c1-6(21)19-10-7(22)3-18(17(28)29,32-15(10)11(25)8(23)4-20)33-5-9(24)14-12(26)13(27)16(30-2)31-14/h7-16,20,22-27H,3-5H2,1-2H3,(H,19,21)(H,28,29)/t7-,8+,9+,10+,11+,12-,13+,14?,15+,16?,18-/m0/s1. The van der Waals surface area contributed by atoms with Gasteiger partial charge in [0.25, 0.3) is 0 Å². The topological polar surface area (TPSA) is 236 Å². The van der Waals surface area contributed by atoms with Crippen molar-refractivity contribution in [3.05, 3.63) is 0 Å². The fourth-order valence-electron chi connectivity index (χ4n) is 3.78. The molecule has 0 aliphatic carbocycles. The van der Waals surface area contributed by atoms with Crippen molar-refractivity contribution in [1.82, 2.24) is 5.32 Å². The molecule has 2 saturated heterocycles. The van der Waals surface area contributed by atoms with Crippen LogP contribution >= 0.6 is 11.8 Å². The van der Waals surface area contributed by atoms with Crippen LogP contribution in [0.5, 0.6) is 0 Å². The minimum absolute atomic E-state index is 0.417. The number of hydrogen-bond donors (Lipinski definition) is 9. The number of aliphatic hydroxyl groups is 7. The monoisotopic (exact) mass is 501 g/mol. The molecule has 1 amide bonds. The van der Waals surface area contributed by atoms with Gasteiger partial charge < -0.3 is 60.4 Å². The molecule has 192 valence electrons. The Kier molecular flexibility index (Phi) is 9.84. The van der Waals surface area contributed by atoms with Gasteiger partial charge in [-0.15, -0.1) is 11.8 Å². The number of aliphatic hydroxyl groups excluding tert-OH is 7. The number of hydrogen-bond acceptors (Lipinski definition) is 13. The molecule has 33 heavy (non-hydrogen) atoms. The van der Waals surface area contributed by atoms with Gasteiger partial charge in [0.1, 0.15) is 36.6 Å². The molecule has 0 saturated carbocycles. The number of carbonyl (C=O) groups excluding carboxylic acids is 1. The maximum atomic E-state index is 12.1. The minimum Gasteiger partial charge on any atom is -0.478 e. The van der Waals surface area contributed by atoms with E-state index < -0.39 is 96.8 Å². The lowest BCUT2D eigenvalue weighted by atomic mass is 9.90. The summed E-state index contributed by atoms with van der Waals surface area (Å²) in [4.78, 5) is 21.4. The lowest BCUT2D eigenvalue weighted by molar-refractivity contribution is -0.205. The molecule has 2 aliphatic rings. The zero-order chi connectivity index (χ0) is 25.1. The van der Waals surface area contributed by atoms with Crippen LogP contribution in [0.3, 0.4) is 0 Å². The zero-order valence-electron chi connectivity index (χ0n) is 17.9. The van der Waals surface area contributed by atoms with Crippen molar-refractivity contribution in [2.24, 2.45) is 0 Å². The van der Waals surface area contributed by atoms with Gasteiger partial charge in [0, 0.05) is 26.2 Å². The summed E-state index contributed by atoms with van der Waals surface area (Å²) in [7, 11) is 1.22. The SMILES string of the molecule is COC1OC([C@H](O)CS[C@]2(C(=O)O)C[C@H](O)[C@@H](NC(C)=O)[C@H]([C@H](O)[C@H](O)CO)O2)[C@@H](O)[C@H]1O. The highest BCUT2D eigenvalue weighted by atomic mass is 32.2. The lowest BCUT2D eigenvalue weighted by Gasteiger charge is -2.46. The van der Waals surface area contributed by atoms with E-state index in [0.717, 1.165) is 6.92 Å². The third kappa shape index (κ3) is 6.12. The van der Waals surface area contributed by atoms with E-state index in [1.165, 1.54) is 7.11 Å². The molecule has 0 aromatic heterocycles. The van der Waals surface area contributed by atoms with Gasteiger partial charge in [-0.1, -0.05) is 0 Å². The van der Waals surface area contributed by atoms with Crippen molar-refractivity contribution >= 4 is 23.6 Å². The van der Waals surface area contributed by atoms with E-state index in [4.69, 9.17) is 19.3 Å². The summed E-state index contributed by atoms with van der Waals surface area (Å²) in [6.45, 7) is 0.215. The molecule has 0 aromatic rings. The van der Waals surface area contributed by atoms with Crippen molar-refractivity contribution < 1.29 is 64.7 Å². The molecule has 15 heteroatoms. The molecule has 2 fully saturated rings. The number of ether oxygens (including phenoxy) is 3. The number of methoxy groups -OCH3 is 1. The number of rotatable bonds is 10. The first-order chi connectivity index (χ1) is 15.4. The van der Waals surface area contributed by atoms with E-state index in [1.807, 2.05) is 0 Å². The molecular formula is C18H31NO13S. The summed E-state index contributed by atoms with van der Waals surface area (Å²) < 4.78 is 15.7. The molecule has 0 bridgehead atoms. The van der Waals surface area contributed by atoms with Crippen molar-refractivity contribution in [1.29, 1.82) is 0 Å². The van der Waals surface area contributed by atoms with Crippen LogP contribution < -0.4 is 5.32 Å². The summed E-state index contributed by atoms with van der Waals surface area (Å²) in [6, 6.07) is -1.31. The lowest BCUT2D eigenvalue weighted by Crippen LogP contribution is -2.66. The summed E-state index contributed by atoms with van der Waals surface area (Å²) in [5.74, 6) is -2.62. The Hall–Kier alpha value is -1.11. The summed E-state index contributed by atoms with van der Waals surface area (Å²) >= 11 is 0.512. The Labute approximate surface area is 193 Å². The van der Waals surface area contributed by atoms with E-state index in [1.54, 1.807) is 0 Å². The van der Waals surface area contributed by atoms with Crippen LogP contribution in [0, 0.1) is 0 Å². The number of nitrogens with one attached hydrogen (secondary N) is 1. The maximum Gasteiger partial charge on any atom is 0.346 e. The first-order valence-corrected chi connectivity index (χ1v) is 11.1. The Bertz CT molecular complexity index is 686. The van der Waals surface area contributed by atoms with Crippen LogP contribution in [0.4, 0.5) is 0 Å². The van der Waals surface area contributed by atoms with Crippen molar-refractivity contribution in [2.75, 3.05) is 19.5 Å². The van der Waals surface area contributed by atoms with Crippen LogP contribution in [0.2, 0.25) is 0 Å². The first-order valence-electron chi connectivity index (χ1n) is 10.1. The molecule has 2 heterocycles. The second kappa shape index (κ2) is 11.5. The van der Waals surface area contributed by atoms with Crippen LogP contribution in [0.15, 0.2) is 0 Å². The van der Waals surface area contributed by atoms with Crippen LogP contribution in [0.25, 0.3) is 0 Å². The van der Waals surface area contributed by atoms with E-state index in [-0.39, 0.29) is 0 Å². The Morgan fingerprint density at radius 2 is 1.82 bits per heavy atom. The van der Waals surface area contributed by atoms with Gasteiger partial charge in [-0.2, -0.15) is 0 Å². The average molecular weight is 502 g/mol. The Morgan fingerprint density at radius 3 is 2.30 bits per heavy atom. The number of thioether (sulfide) groups is 1. The molecule has 11 atom stereocenters. The molecular weight excluding hydrogens is 470 g/mol. The summed E-state index contributed by atoms with van der Waals surface area (Å²) in [5, 5.41) is 82.6. The van der Waals surface area contributed by atoms with E-state index in [0.29, 0.717) is 11.8 Å². The Balaban J connectivity index is 2.23. The number of carboxylic acids is 1. The molecule has 0 spiro atoms. The Morgan fingerprint density at radius 1 is 1.18 bits per heavy atom. The van der Waals surface area contributed by atoms with Crippen LogP contribution in [-0.4, -0.2) is 138 Å². The van der Waals surface area contributed by atoms with Crippen molar-refractivity contribution in [3.8, 4) is 0 Å². The van der Waals surface area contributed by atoms with E-state index >= 15 is 0 Å². The molecule has 2 unspecified atom stereocenters. The highest BCUT2D eigenvalue weighted by Gasteiger charge is 2.56. The minimum atomic E-state index is -2.25. The third-order valence-electron chi connectivity index (χ3n) is 5.54. The van der Waals surface area contributed by atoms with Gasteiger partial charge in [-0.25, -0.2) is 4.79 Å². The van der Waals surface area contributed by atoms with Gasteiger partial charge in [0.15, 0.2) is 6.29 Å². The molecule has 14 nitrogen and oxygen atoms in total. The fraction of sp³-hybridized carbons (Fsp3) is 0.889. The second-order valence-corrected chi connectivity index (χ2v) is 9.22. The van der Waals surface area contributed by atoms with Gasteiger partial charge >= 0.3 is 5.97 Å². The number of carboxylic acid groups (broad SMARTS) is 1. The molecule has 2 aliphatic heterocycles. The quantitative estimate of drug-likeness (QED) is 0.137. The van der Waals surface area contributed by atoms with Gasteiger partial charge in [-0.3, -0.25) is 4.79 Å². The van der Waals surface area contributed by atoms with E-state index in [2.05, 4.69) is 5.32 Å². The molecule has 2 rings (SSSR count). The fourth-order valence-corrected chi connectivity index (χ4v) is 5.00. The first kappa shape index (κ1) is 28.1. The second-order valence-electron chi connectivity index (χ2n) is 7.94. The smallest absolute Gasteiger partial charge is 0.346 e. The maximum absolute atomic E-state index is 12.1. The average Bonchev–Trinajstić information content (AvgIpc) is 3.06. The highest BCUT2D eigenvalue weighted by molar-refractivity contribution is 8.01. The summed E-state index contributed by atoms with van der Waals surface area (Å²) in [5.41, 5.74) is 0. The summed E-state index contributed by atoms with van der Waals surface area (Å²) in [6.07, 6.45) is -14.4.